The standard InChI is InChI=1S/C46H70N4O4S/c1-4-6-8-10-12-14-16-29-49(30-17-15-13-11-9-7-5-2)46(52)54-38(3)50-43-37-40(25-23-39(43)24-26-45(50)51)53-35-19-18-28-47-31-33-48(34-32-47)42-21-20-22-44-41(42)27-36-55-44/h20-27,36-38,46,52H,4-19,28-35H2,1-3H3. The first-order valence-electron chi connectivity index (χ1n) is 21.8. The van der Waals surface area contributed by atoms with E-state index in [1.807, 2.05) is 42.5 Å². The van der Waals surface area contributed by atoms with Crippen molar-refractivity contribution in [2.45, 2.75) is 136 Å². The van der Waals surface area contributed by atoms with Crippen LogP contribution in [-0.2, 0) is 4.74 Å². The fourth-order valence-corrected chi connectivity index (χ4v) is 8.80. The minimum absolute atomic E-state index is 0.151. The summed E-state index contributed by atoms with van der Waals surface area (Å²) in [6, 6.07) is 18.3. The van der Waals surface area contributed by atoms with E-state index in [0.717, 1.165) is 101 Å². The fraction of sp³-hybridized carbons (Fsp3) is 0.630. The molecule has 0 spiro atoms. The van der Waals surface area contributed by atoms with Gasteiger partial charge >= 0.3 is 0 Å². The van der Waals surface area contributed by atoms with Crippen molar-refractivity contribution in [2.24, 2.45) is 0 Å². The van der Waals surface area contributed by atoms with Gasteiger partial charge in [-0.25, -0.2) is 0 Å². The zero-order chi connectivity index (χ0) is 38.7. The Kier molecular flexibility index (Phi) is 18.8. The molecule has 0 bridgehead atoms. The predicted molar refractivity (Wildman–Crippen MR) is 233 cm³/mol. The number of aromatic nitrogens is 1. The van der Waals surface area contributed by atoms with E-state index in [4.69, 9.17) is 9.47 Å². The Bertz CT molecular complexity index is 1700. The number of aliphatic hydroxyl groups is 1. The van der Waals surface area contributed by atoms with Gasteiger partial charge in [-0.3, -0.25) is 19.2 Å². The highest BCUT2D eigenvalue weighted by molar-refractivity contribution is 7.17. The van der Waals surface area contributed by atoms with Crippen molar-refractivity contribution in [2.75, 3.05) is 57.3 Å². The molecule has 4 aromatic rings. The van der Waals surface area contributed by atoms with Gasteiger partial charge in [0.25, 0.3) is 5.56 Å². The Morgan fingerprint density at radius 2 is 1.42 bits per heavy atom. The van der Waals surface area contributed by atoms with Crippen molar-refractivity contribution < 1.29 is 14.6 Å². The van der Waals surface area contributed by atoms with Crippen LogP contribution in [0.5, 0.6) is 5.75 Å². The van der Waals surface area contributed by atoms with E-state index in [0.29, 0.717) is 6.61 Å². The molecule has 2 unspecified atom stereocenters. The molecule has 3 heterocycles. The number of rotatable bonds is 27. The number of hydrogen-bond acceptors (Lipinski definition) is 8. The predicted octanol–water partition coefficient (Wildman–Crippen LogP) is 10.8. The second kappa shape index (κ2) is 24.0. The zero-order valence-corrected chi connectivity index (χ0v) is 35.1. The Balaban J connectivity index is 1.09. The highest BCUT2D eigenvalue weighted by atomic mass is 32.1. The maximum atomic E-state index is 13.3. The van der Waals surface area contributed by atoms with Crippen LogP contribution in [0.2, 0.25) is 0 Å². The number of benzene rings is 2. The molecule has 9 heteroatoms. The number of pyridine rings is 1. The third-order valence-corrected chi connectivity index (χ3v) is 12.2. The summed E-state index contributed by atoms with van der Waals surface area (Å²) in [4.78, 5) is 20.5. The van der Waals surface area contributed by atoms with Crippen molar-refractivity contribution >= 4 is 38.0 Å². The van der Waals surface area contributed by atoms with Gasteiger partial charge in [-0.15, -0.1) is 11.3 Å². The van der Waals surface area contributed by atoms with Crippen molar-refractivity contribution in [1.29, 1.82) is 0 Å². The van der Waals surface area contributed by atoms with E-state index >= 15 is 0 Å². The molecule has 8 nitrogen and oxygen atoms in total. The number of unbranched alkanes of at least 4 members (excludes halogenated alkanes) is 13. The summed E-state index contributed by atoms with van der Waals surface area (Å²) in [6.45, 7) is 13.9. The summed E-state index contributed by atoms with van der Waals surface area (Å²) < 4.78 is 15.5. The second-order valence-corrected chi connectivity index (χ2v) is 16.5. The molecule has 1 aliphatic rings. The number of aliphatic hydroxyl groups excluding tert-OH is 1. The summed E-state index contributed by atoms with van der Waals surface area (Å²) >= 11 is 1.81. The van der Waals surface area contributed by atoms with Crippen molar-refractivity contribution in [1.82, 2.24) is 14.4 Å². The number of anilines is 1. The van der Waals surface area contributed by atoms with Crippen molar-refractivity contribution in [3.63, 3.8) is 0 Å². The minimum Gasteiger partial charge on any atom is -0.494 e. The summed E-state index contributed by atoms with van der Waals surface area (Å²) in [5.74, 6) is 0.746. The third kappa shape index (κ3) is 13.6. The molecule has 0 aliphatic carbocycles. The van der Waals surface area contributed by atoms with Crippen LogP contribution in [0.25, 0.3) is 21.0 Å². The van der Waals surface area contributed by atoms with Gasteiger partial charge < -0.3 is 19.5 Å². The largest absolute Gasteiger partial charge is 0.494 e. The number of ether oxygens (including phenoxy) is 2. The van der Waals surface area contributed by atoms with Crippen LogP contribution in [0, 0.1) is 0 Å². The van der Waals surface area contributed by atoms with E-state index in [-0.39, 0.29) is 5.56 Å². The SMILES string of the molecule is CCCCCCCCCN(CCCCCCCCC)C(O)OC(C)n1c(=O)ccc2ccc(OCCCCN3CCN(c4cccc5sccc45)CC3)cc21. The van der Waals surface area contributed by atoms with E-state index in [1.54, 1.807) is 10.6 Å². The molecule has 0 amide bonds. The topological polar surface area (TPSA) is 70.4 Å². The van der Waals surface area contributed by atoms with Gasteiger partial charge in [0, 0.05) is 67.2 Å². The molecule has 2 aromatic carbocycles. The first kappa shape index (κ1) is 43.2. The van der Waals surface area contributed by atoms with Crippen molar-refractivity contribution in [3.05, 3.63) is 70.3 Å². The molecule has 55 heavy (non-hydrogen) atoms. The Hall–Kier alpha value is -2.95. The lowest BCUT2D eigenvalue weighted by molar-refractivity contribution is -0.231. The lowest BCUT2D eigenvalue weighted by atomic mass is 10.1. The molecular formula is C46H70N4O4S. The molecule has 0 saturated carbocycles. The second-order valence-electron chi connectivity index (χ2n) is 15.6. The average Bonchev–Trinajstić information content (AvgIpc) is 3.69. The molecule has 2 atom stereocenters. The molecule has 1 fully saturated rings. The Morgan fingerprint density at radius 1 is 0.764 bits per heavy atom. The molecule has 2 aromatic heterocycles. The van der Waals surface area contributed by atoms with Crippen LogP contribution in [0.15, 0.2) is 64.8 Å². The van der Waals surface area contributed by atoms with Gasteiger partial charge in [0.2, 0.25) is 6.41 Å². The first-order valence-corrected chi connectivity index (χ1v) is 22.7. The van der Waals surface area contributed by atoms with Gasteiger partial charge in [0.15, 0.2) is 0 Å². The fourth-order valence-electron chi connectivity index (χ4n) is 7.99. The number of nitrogens with zero attached hydrogens (tertiary/aromatic N) is 4. The molecule has 1 saturated heterocycles. The highest BCUT2D eigenvalue weighted by Crippen LogP contribution is 2.31. The van der Waals surface area contributed by atoms with Gasteiger partial charge in [-0.1, -0.05) is 97.0 Å². The summed E-state index contributed by atoms with van der Waals surface area (Å²) in [7, 11) is 0. The molecule has 5 rings (SSSR count). The summed E-state index contributed by atoms with van der Waals surface area (Å²) in [5.41, 5.74) is 1.97. The lowest BCUT2D eigenvalue weighted by Gasteiger charge is -2.36. The van der Waals surface area contributed by atoms with Crippen LogP contribution in [-0.4, -0.2) is 78.3 Å². The minimum atomic E-state index is -1.07. The molecular weight excluding hydrogens is 705 g/mol. The number of thiophene rings is 1. The van der Waals surface area contributed by atoms with E-state index in [1.165, 1.54) is 80.0 Å². The molecule has 304 valence electrons. The van der Waals surface area contributed by atoms with E-state index < -0.39 is 12.6 Å². The number of hydrogen-bond donors (Lipinski definition) is 1. The first-order chi connectivity index (χ1) is 27.0. The smallest absolute Gasteiger partial charge is 0.253 e. The normalized spacial score (nSPS) is 15.0. The van der Waals surface area contributed by atoms with Gasteiger partial charge in [-0.05, 0) is 86.3 Å². The molecule has 1 N–H and O–H groups in total. The number of piperazine rings is 1. The van der Waals surface area contributed by atoms with E-state index in [9.17, 15) is 9.90 Å². The summed E-state index contributed by atoms with van der Waals surface area (Å²) in [6.07, 6.45) is 17.5. The zero-order valence-electron chi connectivity index (χ0n) is 34.3. The lowest BCUT2D eigenvalue weighted by Crippen LogP contribution is -2.46. The van der Waals surface area contributed by atoms with Crippen LogP contribution >= 0.6 is 11.3 Å². The van der Waals surface area contributed by atoms with Gasteiger partial charge in [0.1, 0.15) is 12.0 Å². The third-order valence-electron chi connectivity index (χ3n) is 11.3. The maximum Gasteiger partial charge on any atom is 0.253 e. The average molecular weight is 775 g/mol. The maximum absolute atomic E-state index is 13.3. The van der Waals surface area contributed by atoms with Crippen LogP contribution in [0.3, 0.4) is 0 Å². The molecule has 0 radical (unpaired) electrons. The monoisotopic (exact) mass is 775 g/mol. The van der Waals surface area contributed by atoms with Crippen molar-refractivity contribution in [3.8, 4) is 5.75 Å². The van der Waals surface area contributed by atoms with E-state index in [2.05, 4.69) is 58.2 Å². The van der Waals surface area contributed by atoms with Gasteiger partial charge in [-0.2, -0.15) is 0 Å². The molecule has 1 aliphatic heterocycles. The number of fused-ring (bicyclic) bond motifs is 2. The van der Waals surface area contributed by atoms with Crippen LogP contribution in [0.4, 0.5) is 5.69 Å². The van der Waals surface area contributed by atoms with Crippen LogP contribution < -0.4 is 15.2 Å². The van der Waals surface area contributed by atoms with Crippen LogP contribution in [0.1, 0.15) is 130 Å². The Labute approximate surface area is 335 Å². The summed E-state index contributed by atoms with van der Waals surface area (Å²) in [5, 5.41) is 15.9. The van der Waals surface area contributed by atoms with Gasteiger partial charge in [0.05, 0.1) is 12.1 Å². The quantitative estimate of drug-likeness (QED) is 0.0478. The Morgan fingerprint density at radius 3 is 2.11 bits per heavy atom. The highest BCUT2D eigenvalue weighted by Gasteiger charge is 2.22.